The summed E-state index contributed by atoms with van der Waals surface area (Å²) in [5.41, 5.74) is 1.41. The minimum Gasteiger partial charge on any atom is -0.497 e. The van der Waals surface area contributed by atoms with Gasteiger partial charge in [-0.2, -0.15) is 0 Å². The van der Waals surface area contributed by atoms with E-state index >= 15 is 0 Å². The van der Waals surface area contributed by atoms with Crippen molar-refractivity contribution in [3.63, 3.8) is 0 Å². The number of hydrogen-bond donors (Lipinski definition) is 0. The van der Waals surface area contributed by atoms with Crippen molar-refractivity contribution in [3.8, 4) is 5.75 Å². The smallest absolute Gasteiger partial charge is 0.350 e. The molecule has 3 nitrogen and oxygen atoms in total. The van der Waals surface area contributed by atoms with Crippen LogP contribution in [-0.2, 0) is 5.75 Å². The molecule has 3 aromatic rings. The summed E-state index contributed by atoms with van der Waals surface area (Å²) in [6.07, 6.45) is 0. The number of thioether (sulfide) groups is 1. The summed E-state index contributed by atoms with van der Waals surface area (Å²) in [6, 6.07) is 17.4. The number of ether oxygens (including phenoxy) is 1. The lowest BCUT2D eigenvalue weighted by Crippen LogP contribution is -2.01. The summed E-state index contributed by atoms with van der Waals surface area (Å²) in [6.45, 7) is 0. The van der Waals surface area contributed by atoms with E-state index in [1.54, 1.807) is 13.2 Å². The summed E-state index contributed by atoms with van der Waals surface area (Å²) >= 11 is 1.49. The van der Waals surface area contributed by atoms with Crippen molar-refractivity contribution in [2.75, 3.05) is 7.11 Å². The summed E-state index contributed by atoms with van der Waals surface area (Å²) in [5, 5.41) is 0.894. The Hall–Kier alpha value is -2.20. The van der Waals surface area contributed by atoms with Crippen molar-refractivity contribution in [2.45, 2.75) is 10.6 Å². The third kappa shape index (κ3) is 3.11. The Bertz CT molecular complexity index is 809. The van der Waals surface area contributed by atoms with Crippen LogP contribution in [0.5, 0.6) is 5.75 Å². The second-order valence-corrected chi connectivity index (χ2v) is 5.59. The molecule has 0 N–H and O–H groups in total. The summed E-state index contributed by atoms with van der Waals surface area (Å²) in [5.74, 6) is 1.42. The van der Waals surface area contributed by atoms with E-state index in [1.807, 2.05) is 48.5 Å². The first kappa shape index (κ1) is 13.8. The van der Waals surface area contributed by atoms with Crippen molar-refractivity contribution in [2.24, 2.45) is 0 Å². The van der Waals surface area contributed by atoms with Crippen LogP contribution in [0.15, 0.2) is 68.7 Å². The maximum Gasteiger partial charge on any atom is 0.350 e. The molecule has 0 atom stereocenters. The quantitative estimate of drug-likeness (QED) is 0.537. The Labute approximate surface area is 126 Å². The van der Waals surface area contributed by atoms with Gasteiger partial charge in [0, 0.05) is 17.2 Å². The van der Waals surface area contributed by atoms with Gasteiger partial charge in [-0.05, 0) is 23.8 Å². The van der Waals surface area contributed by atoms with Gasteiger partial charge in [-0.1, -0.05) is 30.3 Å². The number of rotatable bonds is 4. The summed E-state index contributed by atoms with van der Waals surface area (Å²) in [7, 11) is 1.59. The largest absolute Gasteiger partial charge is 0.497 e. The van der Waals surface area contributed by atoms with Crippen LogP contribution in [0.2, 0.25) is 0 Å². The maximum absolute atomic E-state index is 12.0. The van der Waals surface area contributed by atoms with Gasteiger partial charge >= 0.3 is 5.63 Å². The number of fused-ring (bicyclic) bond motifs is 1. The van der Waals surface area contributed by atoms with E-state index in [1.165, 1.54) is 17.3 Å². The van der Waals surface area contributed by atoms with Gasteiger partial charge in [-0.15, -0.1) is 11.8 Å². The molecule has 1 aromatic heterocycles. The van der Waals surface area contributed by atoms with Crippen molar-refractivity contribution in [1.29, 1.82) is 0 Å². The van der Waals surface area contributed by atoms with Crippen molar-refractivity contribution in [1.82, 2.24) is 0 Å². The molecule has 2 aromatic carbocycles. The van der Waals surface area contributed by atoms with E-state index in [-0.39, 0.29) is 5.63 Å². The summed E-state index contributed by atoms with van der Waals surface area (Å²) in [4.78, 5) is 12.6. The predicted octanol–water partition coefficient (Wildman–Crippen LogP) is 4.09. The van der Waals surface area contributed by atoms with Crippen molar-refractivity contribution in [3.05, 3.63) is 70.6 Å². The molecule has 0 aliphatic heterocycles. The van der Waals surface area contributed by atoms with E-state index in [0.717, 1.165) is 11.1 Å². The molecular weight excluding hydrogens is 284 g/mol. The third-order valence-electron chi connectivity index (χ3n) is 3.15. The molecule has 4 heteroatoms. The van der Waals surface area contributed by atoms with E-state index in [9.17, 15) is 4.79 Å². The molecule has 0 aliphatic carbocycles. The van der Waals surface area contributed by atoms with Gasteiger partial charge in [0.25, 0.3) is 0 Å². The molecule has 1 heterocycles. The Morgan fingerprint density at radius 3 is 2.67 bits per heavy atom. The van der Waals surface area contributed by atoms with Gasteiger partial charge < -0.3 is 9.15 Å². The molecule has 0 aliphatic rings. The van der Waals surface area contributed by atoms with Crippen LogP contribution in [0.3, 0.4) is 0 Å². The lowest BCUT2D eigenvalue weighted by Gasteiger charge is -2.04. The van der Waals surface area contributed by atoms with Crippen LogP contribution in [0, 0.1) is 0 Å². The van der Waals surface area contributed by atoms with E-state index < -0.39 is 0 Å². The van der Waals surface area contributed by atoms with Gasteiger partial charge in [-0.3, -0.25) is 0 Å². The van der Waals surface area contributed by atoms with Crippen LogP contribution in [0.4, 0.5) is 0 Å². The van der Waals surface area contributed by atoms with Gasteiger partial charge in [0.05, 0.1) is 12.0 Å². The van der Waals surface area contributed by atoms with Crippen molar-refractivity contribution >= 4 is 22.7 Å². The monoisotopic (exact) mass is 298 g/mol. The van der Waals surface area contributed by atoms with Crippen LogP contribution in [0.1, 0.15) is 5.56 Å². The average molecular weight is 298 g/mol. The third-order valence-corrected chi connectivity index (χ3v) is 4.22. The molecule has 0 unspecified atom stereocenters. The number of hydrogen-bond acceptors (Lipinski definition) is 4. The van der Waals surface area contributed by atoms with Crippen LogP contribution in [-0.4, -0.2) is 7.11 Å². The normalized spacial score (nSPS) is 10.7. The highest BCUT2D eigenvalue weighted by molar-refractivity contribution is 7.98. The Morgan fingerprint density at radius 2 is 1.90 bits per heavy atom. The lowest BCUT2D eigenvalue weighted by molar-refractivity contribution is 0.414. The maximum atomic E-state index is 12.0. The topological polar surface area (TPSA) is 39.4 Å². The molecular formula is C17H14O3S. The van der Waals surface area contributed by atoms with Gasteiger partial charge in [0.2, 0.25) is 0 Å². The SMILES string of the molecule is COc1ccc2cc(SCc3ccccc3)c(=O)oc2c1. The first-order valence-electron chi connectivity index (χ1n) is 6.55. The summed E-state index contributed by atoms with van der Waals surface area (Å²) < 4.78 is 10.5. The molecule has 0 amide bonds. The van der Waals surface area contributed by atoms with Crippen LogP contribution >= 0.6 is 11.8 Å². The predicted molar refractivity (Wildman–Crippen MR) is 85.0 cm³/mol. The van der Waals surface area contributed by atoms with Crippen LogP contribution < -0.4 is 10.4 Å². The van der Waals surface area contributed by atoms with Crippen LogP contribution in [0.25, 0.3) is 11.0 Å². The molecule has 21 heavy (non-hydrogen) atoms. The minimum atomic E-state index is -0.309. The highest BCUT2D eigenvalue weighted by atomic mass is 32.2. The molecule has 106 valence electrons. The second-order valence-electron chi connectivity index (χ2n) is 4.58. The molecule has 0 fully saturated rings. The Morgan fingerprint density at radius 1 is 1.10 bits per heavy atom. The second kappa shape index (κ2) is 6.06. The van der Waals surface area contributed by atoms with E-state index in [4.69, 9.17) is 9.15 Å². The first-order chi connectivity index (χ1) is 10.3. The lowest BCUT2D eigenvalue weighted by atomic mass is 10.2. The van der Waals surface area contributed by atoms with Gasteiger partial charge in [0.1, 0.15) is 11.3 Å². The Balaban J connectivity index is 1.89. The molecule has 0 saturated heterocycles. The molecule has 0 bridgehead atoms. The molecule has 0 saturated carbocycles. The fourth-order valence-corrected chi connectivity index (χ4v) is 2.92. The fourth-order valence-electron chi connectivity index (χ4n) is 2.04. The van der Waals surface area contributed by atoms with E-state index in [2.05, 4.69) is 0 Å². The fraction of sp³-hybridized carbons (Fsp3) is 0.118. The highest BCUT2D eigenvalue weighted by Gasteiger charge is 2.07. The molecule has 3 rings (SSSR count). The number of benzene rings is 2. The van der Waals surface area contributed by atoms with Gasteiger partial charge in [-0.25, -0.2) is 4.79 Å². The zero-order chi connectivity index (χ0) is 14.7. The van der Waals surface area contributed by atoms with Gasteiger partial charge in [0.15, 0.2) is 0 Å². The highest BCUT2D eigenvalue weighted by Crippen LogP contribution is 2.25. The Kier molecular flexibility index (Phi) is 3.97. The van der Waals surface area contributed by atoms with Crippen molar-refractivity contribution < 1.29 is 9.15 Å². The number of methoxy groups -OCH3 is 1. The standard InChI is InChI=1S/C17H14O3S/c1-19-14-8-7-13-9-16(17(18)20-15(13)10-14)21-11-12-5-3-2-4-6-12/h2-10H,11H2,1H3. The zero-order valence-electron chi connectivity index (χ0n) is 11.5. The first-order valence-corrected chi connectivity index (χ1v) is 7.53. The molecule has 0 radical (unpaired) electrons. The molecule has 0 spiro atoms. The average Bonchev–Trinajstić information content (AvgIpc) is 2.53. The minimum absolute atomic E-state index is 0.309. The van der Waals surface area contributed by atoms with E-state index in [0.29, 0.717) is 16.2 Å². The zero-order valence-corrected chi connectivity index (χ0v) is 12.4.